The molecule has 5 rings (SSSR count). The van der Waals surface area contributed by atoms with Crippen LogP contribution in [-0.4, -0.2) is 94.9 Å². The van der Waals surface area contributed by atoms with E-state index in [2.05, 4.69) is 16.0 Å². The third-order valence-corrected chi connectivity index (χ3v) is 8.89. The fourth-order valence-corrected chi connectivity index (χ4v) is 6.55. The second-order valence-corrected chi connectivity index (χ2v) is 11.9. The Kier molecular flexibility index (Phi) is 10.7. The predicted molar refractivity (Wildman–Crippen MR) is 161 cm³/mol. The zero-order chi connectivity index (χ0) is 32.8. The molecule has 16 heteroatoms. The molecule has 2 saturated heterocycles. The van der Waals surface area contributed by atoms with Gasteiger partial charge in [0.25, 0.3) is 11.8 Å². The van der Waals surface area contributed by atoms with Crippen LogP contribution in [0.5, 0.6) is 0 Å². The highest BCUT2D eigenvalue weighted by Gasteiger charge is 2.46. The Morgan fingerprint density at radius 3 is 2.31 bits per heavy atom. The number of carboxylic acids is 1. The summed E-state index contributed by atoms with van der Waals surface area (Å²) in [5, 5.41) is 16.9. The monoisotopic (exact) mass is 652 g/mol. The van der Waals surface area contributed by atoms with Gasteiger partial charge in [-0.1, -0.05) is 18.2 Å². The van der Waals surface area contributed by atoms with Gasteiger partial charge in [-0.05, 0) is 45.1 Å². The lowest BCUT2D eigenvalue weighted by molar-refractivity contribution is -0.192. The average molecular weight is 653 g/mol. The van der Waals surface area contributed by atoms with Gasteiger partial charge in [0.2, 0.25) is 5.91 Å². The Bertz CT molecular complexity index is 1480. The van der Waals surface area contributed by atoms with Gasteiger partial charge in [0, 0.05) is 55.7 Å². The summed E-state index contributed by atoms with van der Waals surface area (Å²) in [4.78, 5) is 68.7. The first kappa shape index (κ1) is 33.7. The number of fused-ring (bicyclic) bond motifs is 1. The SMILES string of the molecule is CCNC(=O)Nc1sc2ccccc2c1C(=O)N1CCC2(CC1)N=C(CCC(=O)N1CCCCC1)NC2=O.O=C(O)C(F)(F)F. The van der Waals surface area contributed by atoms with Crippen molar-refractivity contribution in [1.29, 1.82) is 0 Å². The number of urea groups is 1. The molecule has 45 heavy (non-hydrogen) atoms. The molecule has 0 unspecified atom stereocenters. The van der Waals surface area contributed by atoms with Gasteiger partial charge in [-0.3, -0.25) is 24.7 Å². The smallest absolute Gasteiger partial charge is 0.475 e. The van der Waals surface area contributed by atoms with Crippen LogP contribution in [-0.2, 0) is 14.4 Å². The molecule has 0 atom stereocenters. The van der Waals surface area contributed by atoms with E-state index in [9.17, 15) is 32.3 Å². The molecule has 1 aromatic heterocycles. The van der Waals surface area contributed by atoms with Crippen LogP contribution in [0.1, 0.15) is 62.2 Å². The summed E-state index contributed by atoms with van der Waals surface area (Å²) in [6.45, 7) is 4.68. The molecule has 0 bridgehead atoms. The van der Waals surface area contributed by atoms with Gasteiger partial charge >= 0.3 is 18.2 Å². The molecule has 2 fully saturated rings. The lowest BCUT2D eigenvalue weighted by atomic mass is 9.87. The summed E-state index contributed by atoms with van der Waals surface area (Å²) in [7, 11) is 0. The number of nitrogens with zero attached hydrogens (tertiary/aromatic N) is 3. The number of likely N-dealkylation sites (tertiary alicyclic amines) is 2. The molecule has 12 nitrogen and oxygen atoms in total. The van der Waals surface area contributed by atoms with Crippen molar-refractivity contribution in [2.24, 2.45) is 4.99 Å². The minimum atomic E-state index is -5.08. The molecule has 3 aliphatic rings. The minimum Gasteiger partial charge on any atom is -0.475 e. The Morgan fingerprint density at radius 2 is 1.69 bits per heavy atom. The summed E-state index contributed by atoms with van der Waals surface area (Å²) in [5.41, 5.74) is -0.414. The van der Waals surface area contributed by atoms with E-state index in [1.54, 1.807) is 4.90 Å². The number of thiophene rings is 1. The van der Waals surface area contributed by atoms with Crippen LogP contribution in [0.4, 0.5) is 23.0 Å². The number of aliphatic imine (C=N–C) groups is 1. The summed E-state index contributed by atoms with van der Waals surface area (Å²) >= 11 is 1.37. The second-order valence-electron chi connectivity index (χ2n) is 10.9. The molecule has 244 valence electrons. The van der Waals surface area contributed by atoms with Gasteiger partial charge in [-0.2, -0.15) is 13.2 Å². The van der Waals surface area contributed by atoms with Gasteiger partial charge in [0.1, 0.15) is 16.4 Å². The molecule has 1 aromatic carbocycles. The maximum absolute atomic E-state index is 13.7. The van der Waals surface area contributed by atoms with Crippen molar-refractivity contribution < 1.29 is 42.3 Å². The van der Waals surface area contributed by atoms with Gasteiger partial charge in [-0.25, -0.2) is 9.59 Å². The van der Waals surface area contributed by atoms with Crippen LogP contribution in [0, 0.1) is 0 Å². The molecule has 4 heterocycles. The van der Waals surface area contributed by atoms with Crippen LogP contribution < -0.4 is 16.0 Å². The van der Waals surface area contributed by atoms with E-state index in [1.807, 2.05) is 36.1 Å². The highest BCUT2D eigenvalue weighted by molar-refractivity contribution is 7.23. The second kappa shape index (κ2) is 14.3. The first-order valence-corrected chi connectivity index (χ1v) is 15.5. The molecule has 2 aromatic rings. The summed E-state index contributed by atoms with van der Waals surface area (Å²) < 4.78 is 32.7. The quantitative estimate of drug-likeness (QED) is 0.370. The van der Waals surface area contributed by atoms with E-state index in [1.165, 1.54) is 17.8 Å². The van der Waals surface area contributed by atoms with Crippen LogP contribution in [0.25, 0.3) is 10.1 Å². The van der Waals surface area contributed by atoms with Crippen LogP contribution >= 0.6 is 11.3 Å². The number of rotatable bonds is 6. The fourth-order valence-electron chi connectivity index (χ4n) is 5.46. The average Bonchev–Trinajstić information content (AvgIpc) is 3.52. The Balaban J connectivity index is 0.000000591. The standard InChI is InChI=1S/C27H34N6O4S.C2HF3O2/c1-2-28-26(37)30-23-22(18-8-4-5-9-19(18)38-23)24(35)33-16-12-27(13-17-33)25(36)29-20(31-27)10-11-21(34)32-14-6-3-7-15-32;3-2(4,5)1(6)7/h4-5,8-9H,2-3,6-7,10-17H2,1H3,(H2,28,30,37)(H,29,31,36);(H,6,7). The number of nitrogens with one attached hydrogen (secondary N) is 3. The Labute approximate surface area is 261 Å². The summed E-state index contributed by atoms with van der Waals surface area (Å²) in [5.74, 6) is -2.39. The molecule has 0 radical (unpaired) electrons. The van der Waals surface area contributed by atoms with Crippen molar-refractivity contribution in [3.8, 4) is 0 Å². The fraction of sp³-hybridized carbons (Fsp3) is 0.517. The summed E-state index contributed by atoms with van der Waals surface area (Å²) in [6.07, 6.45) is -0.236. The van der Waals surface area contributed by atoms with Crippen molar-refractivity contribution >= 4 is 62.0 Å². The Hall–Kier alpha value is -4.21. The minimum absolute atomic E-state index is 0.114. The lowest BCUT2D eigenvalue weighted by Crippen LogP contribution is -2.50. The largest absolute Gasteiger partial charge is 0.490 e. The number of hydrogen-bond donors (Lipinski definition) is 4. The molecule has 3 aliphatic heterocycles. The highest BCUT2D eigenvalue weighted by atomic mass is 32.1. The molecule has 0 aliphatic carbocycles. The number of aliphatic carboxylic acids is 1. The van der Waals surface area contributed by atoms with Crippen molar-refractivity contribution in [3.63, 3.8) is 0 Å². The number of carbonyl (C=O) groups is 5. The van der Waals surface area contributed by atoms with Crippen LogP contribution in [0.3, 0.4) is 0 Å². The normalized spacial score (nSPS) is 17.7. The number of carbonyl (C=O) groups excluding carboxylic acids is 4. The number of alkyl halides is 3. The number of carboxylic acid groups (broad SMARTS) is 1. The zero-order valence-electron chi connectivity index (χ0n) is 24.7. The number of anilines is 1. The highest BCUT2D eigenvalue weighted by Crippen LogP contribution is 2.38. The van der Waals surface area contributed by atoms with Gasteiger partial charge in [-0.15, -0.1) is 11.3 Å². The van der Waals surface area contributed by atoms with Crippen molar-refractivity contribution in [2.45, 2.75) is 63.6 Å². The molecule has 5 amide bonds. The number of amides is 5. The van der Waals surface area contributed by atoms with Gasteiger partial charge in [0.05, 0.1) is 5.56 Å². The lowest BCUT2D eigenvalue weighted by Gasteiger charge is -2.35. The number of halogens is 3. The molecule has 0 saturated carbocycles. The molecule has 1 spiro atoms. The van der Waals surface area contributed by atoms with Crippen molar-refractivity contribution in [2.75, 3.05) is 38.0 Å². The van der Waals surface area contributed by atoms with E-state index >= 15 is 0 Å². The third-order valence-electron chi connectivity index (χ3n) is 7.81. The van der Waals surface area contributed by atoms with E-state index in [4.69, 9.17) is 14.9 Å². The van der Waals surface area contributed by atoms with Crippen LogP contribution in [0.2, 0.25) is 0 Å². The molecular formula is C29H35F3N6O6S. The van der Waals surface area contributed by atoms with E-state index in [-0.39, 0.29) is 23.8 Å². The predicted octanol–water partition coefficient (Wildman–Crippen LogP) is 3.97. The number of piperidine rings is 2. The third kappa shape index (κ3) is 8.09. The Morgan fingerprint density at radius 1 is 1.04 bits per heavy atom. The first-order chi connectivity index (χ1) is 21.3. The molecule has 4 N–H and O–H groups in total. The van der Waals surface area contributed by atoms with Gasteiger partial charge in [0.15, 0.2) is 0 Å². The van der Waals surface area contributed by atoms with Gasteiger partial charge < -0.3 is 25.5 Å². The van der Waals surface area contributed by atoms with Crippen molar-refractivity contribution in [1.82, 2.24) is 20.4 Å². The topological polar surface area (TPSA) is 161 Å². The maximum Gasteiger partial charge on any atom is 0.490 e. The van der Waals surface area contributed by atoms with E-state index in [0.29, 0.717) is 61.7 Å². The number of hydrogen-bond acceptors (Lipinski definition) is 7. The van der Waals surface area contributed by atoms with E-state index in [0.717, 1.165) is 36.0 Å². The molecular weight excluding hydrogens is 617 g/mol. The first-order valence-electron chi connectivity index (χ1n) is 14.7. The summed E-state index contributed by atoms with van der Waals surface area (Å²) in [6, 6.07) is 7.25. The van der Waals surface area contributed by atoms with E-state index < -0.39 is 17.7 Å². The van der Waals surface area contributed by atoms with Crippen molar-refractivity contribution in [3.05, 3.63) is 29.8 Å². The number of amidine groups is 1. The zero-order valence-corrected chi connectivity index (χ0v) is 25.5. The maximum atomic E-state index is 13.7. The van der Waals surface area contributed by atoms with Crippen LogP contribution in [0.15, 0.2) is 29.3 Å². The number of benzene rings is 1.